The van der Waals surface area contributed by atoms with E-state index in [0.717, 1.165) is 13.0 Å². The molecule has 0 saturated carbocycles. The number of aliphatic hydroxyl groups is 1. The SMILES string of the molecule is C[C@@H](c1ccccc1)N1CCCC1CO. The minimum atomic E-state index is 0.289. The fraction of sp³-hybridized carbons (Fsp3) is 0.538. The Bertz CT molecular complexity index is 299. The minimum absolute atomic E-state index is 0.289. The molecule has 2 atom stereocenters. The zero-order chi connectivity index (χ0) is 10.7. The Morgan fingerprint density at radius 3 is 2.80 bits per heavy atom. The van der Waals surface area contributed by atoms with Crippen LogP contribution in [0.4, 0.5) is 0 Å². The van der Waals surface area contributed by atoms with Gasteiger partial charge in [0.1, 0.15) is 0 Å². The van der Waals surface area contributed by atoms with Crippen LogP contribution in [0.15, 0.2) is 30.3 Å². The maximum absolute atomic E-state index is 9.29. The van der Waals surface area contributed by atoms with Crippen LogP contribution in [0.3, 0.4) is 0 Å². The zero-order valence-corrected chi connectivity index (χ0v) is 9.26. The second-order valence-corrected chi connectivity index (χ2v) is 4.30. The average Bonchev–Trinajstić information content (AvgIpc) is 2.77. The molecule has 2 nitrogen and oxygen atoms in total. The maximum Gasteiger partial charge on any atom is 0.0587 e. The van der Waals surface area contributed by atoms with Crippen LogP contribution in [0.1, 0.15) is 31.4 Å². The highest BCUT2D eigenvalue weighted by molar-refractivity contribution is 5.18. The topological polar surface area (TPSA) is 23.5 Å². The highest BCUT2D eigenvalue weighted by atomic mass is 16.3. The van der Waals surface area contributed by atoms with Crippen molar-refractivity contribution in [3.63, 3.8) is 0 Å². The van der Waals surface area contributed by atoms with Crippen LogP contribution in [-0.4, -0.2) is 29.2 Å². The van der Waals surface area contributed by atoms with Crippen molar-refractivity contribution in [2.45, 2.75) is 31.8 Å². The lowest BCUT2D eigenvalue weighted by Gasteiger charge is -2.29. The Morgan fingerprint density at radius 1 is 1.40 bits per heavy atom. The van der Waals surface area contributed by atoms with E-state index < -0.39 is 0 Å². The molecule has 1 aromatic carbocycles. The molecule has 1 saturated heterocycles. The van der Waals surface area contributed by atoms with Crippen molar-refractivity contribution in [3.05, 3.63) is 35.9 Å². The van der Waals surface area contributed by atoms with Gasteiger partial charge >= 0.3 is 0 Å². The highest BCUT2D eigenvalue weighted by Gasteiger charge is 2.28. The fourth-order valence-corrected chi connectivity index (χ4v) is 2.49. The Morgan fingerprint density at radius 2 is 2.13 bits per heavy atom. The summed E-state index contributed by atoms with van der Waals surface area (Å²) in [5.74, 6) is 0. The molecule has 1 aromatic rings. The summed E-state index contributed by atoms with van der Waals surface area (Å²) in [4.78, 5) is 2.41. The summed E-state index contributed by atoms with van der Waals surface area (Å²) >= 11 is 0. The first-order valence-electron chi connectivity index (χ1n) is 5.74. The van der Waals surface area contributed by atoms with Crippen LogP contribution >= 0.6 is 0 Å². The highest BCUT2D eigenvalue weighted by Crippen LogP contribution is 2.28. The van der Waals surface area contributed by atoms with Crippen molar-refractivity contribution >= 4 is 0 Å². The van der Waals surface area contributed by atoms with Crippen molar-refractivity contribution in [2.75, 3.05) is 13.2 Å². The molecule has 0 bridgehead atoms. The summed E-state index contributed by atoms with van der Waals surface area (Å²) in [5, 5.41) is 9.29. The lowest BCUT2D eigenvalue weighted by Crippen LogP contribution is -2.34. The van der Waals surface area contributed by atoms with E-state index in [1.807, 2.05) is 6.07 Å². The molecule has 2 rings (SSSR count). The molecular weight excluding hydrogens is 186 g/mol. The number of hydrogen-bond donors (Lipinski definition) is 1. The van der Waals surface area contributed by atoms with Crippen molar-refractivity contribution in [1.29, 1.82) is 0 Å². The number of nitrogens with zero attached hydrogens (tertiary/aromatic N) is 1. The molecule has 2 heteroatoms. The first kappa shape index (κ1) is 10.7. The molecule has 1 N–H and O–H groups in total. The smallest absolute Gasteiger partial charge is 0.0587 e. The third-order valence-corrected chi connectivity index (χ3v) is 3.41. The van der Waals surface area contributed by atoms with Gasteiger partial charge < -0.3 is 5.11 Å². The Kier molecular flexibility index (Phi) is 3.39. The van der Waals surface area contributed by atoms with Crippen LogP contribution in [-0.2, 0) is 0 Å². The first-order chi connectivity index (χ1) is 7.33. The van der Waals surface area contributed by atoms with E-state index in [2.05, 4.69) is 36.1 Å². The summed E-state index contributed by atoms with van der Waals surface area (Å²) in [6, 6.07) is 11.3. The van der Waals surface area contributed by atoms with Crippen molar-refractivity contribution in [3.8, 4) is 0 Å². The summed E-state index contributed by atoms with van der Waals surface area (Å²) in [7, 11) is 0. The predicted molar refractivity (Wildman–Crippen MR) is 61.7 cm³/mol. The Balaban J connectivity index is 2.10. The number of aliphatic hydroxyl groups excluding tert-OH is 1. The molecule has 1 aliphatic rings. The molecule has 1 aliphatic heterocycles. The van der Waals surface area contributed by atoms with Gasteiger partial charge in [0.15, 0.2) is 0 Å². The predicted octanol–water partition coefficient (Wildman–Crippen LogP) is 2.20. The van der Waals surface area contributed by atoms with E-state index in [1.165, 1.54) is 12.0 Å². The van der Waals surface area contributed by atoms with Crippen LogP contribution in [0.5, 0.6) is 0 Å². The van der Waals surface area contributed by atoms with Crippen LogP contribution < -0.4 is 0 Å². The van der Waals surface area contributed by atoms with Crippen LogP contribution in [0.25, 0.3) is 0 Å². The average molecular weight is 205 g/mol. The monoisotopic (exact) mass is 205 g/mol. The molecule has 1 heterocycles. The molecule has 0 aliphatic carbocycles. The Hall–Kier alpha value is -0.860. The van der Waals surface area contributed by atoms with E-state index in [4.69, 9.17) is 0 Å². The molecule has 0 amide bonds. The zero-order valence-electron chi connectivity index (χ0n) is 9.26. The molecule has 0 spiro atoms. The summed E-state index contributed by atoms with van der Waals surface area (Å²) in [6.07, 6.45) is 2.34. The number of benzene rings is 1. The molecule has 1 unspecified atom stereocenters. The quantitative estimate of drug-likeness (QED) is 0.817. The molecule has 0 radical (unpaired) electrons. The first-order valence-corrected chi connectivity index (χ1v) is 5.74. The summed E-state index contributed by atoms with van der Waals surface area (Å²) in [5.41, 5.74) is 1.35. The van der Waals surface area contributed by atoms with Crippen molar-refractivity contribution in [1.82, 2.24) is 4.90 Å². The van der Waals surface area contributed by atoms with E-state index in [0.29, 0.717) is 12.1 Å². The van der Waals surface area contributed by atoms with Crippen LogP contribution in [0, 0.1) is 0 Å². The van der Waals surface area contributed by atoms with E-state index in [1.54, 1.807) is 0 Å². The molecule has 15 heavy (non-hydrogen) atoms. The second-order valence-electron chi connectivity index (χ2n) is 4.30. The fourth-order valence-electron chi connectivity index (χ4n) is 2.49. The summed E-state index contributed by atoms with van der Waals surface area (Å²) < 4.78 is 0. The Labute approximate surface area is 91.5 Å². The lowest BCUT2D eigenvalue weighted by molar-refractivity contribution is 0.126. The van der Waals surface area contributed by atoms with Crippen molar-refractivity contribution < 1.29 is 5.11 Å². The molecule has 1 fully saturated rings. The maximum atomic E-state index is 9.29. The molecule has 82 valence electrons. The largest absolute Gasteiger partial charge is 0.395 e. The van der Waals surface area contributed by atoms with E-state index in [-0.39, 0.29) is 6.61 Å². The van der Waals surface area contributed by atoms with Gasteiger partial charge in [-0.05, 0) is 31.9 Å². The molecular formula is C13H19NO. The van der Waals surface area contributed by atoms with Gasteiger partial charge in [0, 0.05) is 12.1 Å². The lowest BCUT2D eigenvalue weighted by atomic mass is 10.1. The summed E-state index contributed by atoms with van der Waals surface area (Å²) in [6.45, 7) is 3.63. The van der Waals surface area contributed by atoms with E-state index in [9.17, 15) is 5.11 Å². The van der Waals surface area contributed by atoms with Gasteiger partial charge in [-0.15, -0.1) is 0 Å². The molecule has 0 aromatic heterocycles. The number of rotatable bonds is 3. The van der Waals surface area contributed by atoms with Gasteiger partial charge in [0.2, 0.25) is 0 Å². The van der Waals surface area contributed by atoms with Crippen LogP contribution in [0.2, 0.25) is 0 Å². The third-order valence-electron chi connectivity index (χ3n) is 3.41. The van der Waals surface area contributed by atoms with E-state index >= 15 is 0 Å². The number of hydrogen-bond acceptors (Lipinski definition) is 2. The van der Waals surface area contributed by atoms with Gasteiger partial charge in [-0.25, -0.2) is 0 Å². The second kappa shape index (κ2) is 4.77. The number of likely N-dealkylation sites (tertiary alicyclic amines) is 1. The van der Waals surface area contributed by atoms with Gasteiger partial charge in [0.05, 0.1) is 6.61 Å². The normalized spacial score (nSPS) is 24.3. The van der Waals surface area contributed by atoms with Gasteiger partial charge in [-0.3, -0.25) is 4.90 Å². The van der Waals surface area contributed by atoms with Gasteiger partial charge in [-0.1, -0.05) is 30.3 Å². The minimum Gasteiger partial charge on any atom is -0.395 e. The third kappa shape index (κ3) is 2.21. The van der Waals surface area contributed by atoms with Gasteiger partial charge in [-0.2, -0.15) is 0 Å². The van der Waals surface area contributed by atoms with Crippen molar-refractivity contribution in [2.24, 2.45) is 0 Å². The standard InChI is InChI=1S/C13H19NO/c1-11(12-6-3-2-4-7-12)14-9-5-8-13(14)10-15/h2-4,6-7,11,13,15H,5,8-10H2,1H3/t11-,13?/m0/s1. The van der Waals surface area contributed by atoms with Gasteiger partial charge in [0.25, 0.3) is 0 Å².